The number of nitrogens with one attached hydrogen (secondary N) is 1. The van der Waals surface area contributed by atoms with Crippen molar-refractivity contribution in [3.8, 4) is 16.9 Å². The first-order valence-corrected chi connectivity index (χ1v) is 9.74. The number of ether oxygens (including phenoxy) is 1. The van der Waals surface area contributed by atoms with E-state index in [0.717, 1.165) is 42.2 Å². The van der Waals surface area contributed by atoms with Gasteiger partial charge in [-0.1, -0.05) is 5.16 Å². The Bertz CT molecular complexity index is 1000. The van der Waals surface area contributed by atoms with Gasteiger partial charge in [0.05, 0.1) is 11.3 Å². The number of carbonyl (C=O) groups is 1. The molecule has 1 saturated heterocycles. The van der Waals surface area contributed by atoms with E-state index in [1.165, 1.54) is 11.1 Å². The predicted molar refractivity (Wildman–Crippen MR) is 109 cm³/mol. The number of likely N-dealkylation sites (tertiary alicyclic amines) is 1. The molecule has 0 aliphatic carbocycles. The van der Waals surface area contributed by atoms with Crippen molar-refractivity contribution in [2.75, 3.05) is 31.6 Å². The predicted octanol–water partition coefficient (Wildman–Crippen LogP) is 3.03. The summed E-state index contributed by atoms with van der Waals surface area (Å²) >= 11 is 0. The van der Waals surface area contributed by atoms with Crippen LogP contribution in [-0.4, -0.2) is 52.0 Å². The van der Waals surface area contributed by atoms with E-state index in [0.29, 0.717) is 23.7 Å². The maximum atomic E-state index is 12.6. The Balaban J connectivity index is 1.60. The molecule has 1 aromatic carbocycles. The molecule has 8 heteroatoms. The molecule has 29 heavy (non-hydrogen) atoms. The quantitative estimate of drug-likeness (QED) is 0.662. The lowest BCUT2D eigenvalue weighted by atomic mass is 10.0. The zero-order valence-corrected chi connectivity index (χ0v) is 16.9. The highest BCUT2D eigenvalue weighted by Gasteiger charge is 2.19. The van der Waals surface area contributed by atoms with E-state index in [-0.39, 0.29) is 5.91 Å². The van der Waals surface area contributed by atoms with Gasteiger partial charge in [-0.15, -0.1) is 0 Å². The monoisotopic (exact) mass is 395 g/mol. The number of hydrogen-bond donors (Lipinski definition) is 1. The molecule has 0 spiro atoms. The summed E-state index contributed by atoms with van der Waals surface area (Å²) in [5, 5.41) is 11.0. The van der Waals surface area contributed by atoms with Crippen LogP contribution in [0.5, 0.6) is 5.75 Å². The Kier molecular flexibility index (Phi) is 5.35. The van der Waals surface area contributed by atoms with E-state index in [4.69, 9.17) is 9.26 Å². The summed E-state index contributed by atoms with van der Waals surface area (Å²) < 4.78 is 13.0. The topological polar surface area (TPSA) is 85.4 Å². The summed E-state index contributed by atoms with van der Waals surface area (Å²) in [6, 6.07) is 7.31. The van der Waals surface area contributed by atoms with Crippen molar-refractivity contribution in [2.24, 2.45) is 7.05 Å². The van der Waals surface area contributed by atoms with Gasteiger partial charge in [0, 0.05) is 31.0 Å². The molecule has 2 aromatic heterocycles. The van der Waals surface area contributed by atoms with Crippen molar-refractivity contribution < 1.29 is 14.1 Å². The SMILES string of the molecule is Cc1noc(C)c1-c1cc(NC(=O)c2ccnn2C)ccc1OCCN1CCC1. The minimum Gasteiger partial charge on any atom is -0.492 e. The third-order valence-electron chi connectivity index (χ3n) is 5.21. The molecule has 1 amide bonds. The van der Waals surface area contributed by atoms with E-state index in [1.807, 2.05) is 32.0 Å². The van der Waals surface area contributed by atoms with Crippen LogP contribution in [0.25, 0.3) is 11.1 Å². The highest BCUT2D eigenvalue weighted by Crippen LogP contribution is 2.36. The summed E-state index contributed by atoms with van der Waals surface area (Å²) in [5.41, 5.74) is 3.68. The average molecular weight is 395 g/mol. The molecule has 1 aliphatic heterocycles. The van der Waals surface area contributed by atoms with Crippen LogP contribution in [0.4, 0.5) is 5.69 Å². The van der Waals surface area contributed by atoms with E-state index in [1.54, 1.807) is 19.3 Å². The summed E-state index contributed by atoms with van der Waals surface area (Å²) in [7, 11) is 1.74. The van der Waals surface area contributed by atoms with Crippen molar-refractivity contribution in [1.29, 1.82) is 0 Å². The fourth-order valence-electron chi connectivity index (χ4n) is 3.48. The van der Waals surface area contributed by atoms with Crippen LogP contribution in [0, 0.1) is 13.8 Å². The van der Waals surface area contributed by atoms with Crippen LogP contribution in [-0.2, 0) is 7.05 Å². The number of hydrogen-bond acceptors (Lipinski definition) is 6. The summed E-state index contributed by atoms with van der Waals surface area (Å²) in [4.78, 5) is 14.9. The van der Waals surface area contributed by atoms with Crippen LogP contribution in [0.1, 0.15) is 28.4 Å². The lowest BCUT2D eigenvalue weighted by Gasteiger charge is -2.30. The van der Waals surface area contributed by atoms with Crippen molar-refractivity contribution in [3.05, 3.63) is 47.6 Å². The van der Waals surface area contributed by atoms with Gasteiger partial charge in [0.25, 0.3) is 5.91 Å². The van der Waals surface area contributed by atoms with Crippen LogP contribution in [0.3, 0.4) is 0 Å². The first-order chi connectivity index (χ1) is 14.0. The minimum atomic E-state index is -0.221. The molecule has 0 unspecified atom stereocenters. The third kappa shape index (κ3) is 4.02. The van der Waals surface area contributed by atoms with Crippen molar-refractivity contribution in [1.82, 2.24) is 19.8 Å². The fourth-order valence-corrected chi connectivity index (χ4v) is 3.48. The molecule has 1 aliphatic rings. The maximum Gasteiger partial charge on any atom is 0.273 e. The number of carbonyl (C=O) groups excluding carboxylic acids is 1. The molecule has 0 bridgehead atoms. The van der Waals surface area contributed by atoms with E-state index < -0.39 is 0 Å². The zero-order valence-electron chi connectivity index (χ0n) is 16.9. The van der Waals surface area contributed by atoms with E-state index >= 15 is 0 Å². The molecule has 3 aromatic rings. The first-order valence-electron chi connectivity index (χ1n) is 9.74. The van der Waals surface area contributed by atoms with Crippen LogP contribution < -0.4 is 10.1 Å². The average Bonchev–Trinajstić information content (AvgIpc) is 3.23. The Morgan fingerprint density at radius 2 is 2.10 bits per heavy atom. The van der Waals surface area contributed by atoms with Gasteiger partial charge >= 0.3 is 0 Å². The van der Waals surface area contributed by atoms with Gasteiger partial charge in [0.15, 0.2) is 0 Å². The zero-order chi connectivity index (χ0) is 20.4. The second-order valence-electron chi connectivity index (χ2n) is 7.25. The van der Waals surface area contributed by atoms with Gasteiger partial charge in [-0.05, 0) is 57.6 Å². The highest BCUT2D eigenvalue weighted by molar-refractivity contribution is 6.03. The Labute approximate surface area is 169 Å². The van der Waals surface area contributed by atoms with Gasteiger partial charge < -0.3 is 14.6 Å². The van der Waals surface area contributed by atoms with Crippen molar-refractivity contribution >= 4 is 11.6 Å². The van der Waals surface area contributed by atoms with Gasteiger partial charge in [0.2, 0.25) is 0 Å². The molecular weight excluding hydrogens is 370 g/mol. The Morgan fingerprint density at radius 3 is 2.72 bits per heavy atom. The van der Waals surface area contributed by atoms with Crippen LogP contribution in [0.2, 0.25) is 0 Å². The summed E-state index contributed by atoms with van der Waals surface area (Å²) in [5.74, 6) is 1.24. The number of rotatable bonds is 7. The molecule has 0 atom stereocenters. The number of amides is 1. The third-order valence-corrected chi connectivity index (χ3v) is 5.21. The van der Waals surface area contributed by atoms with Gasteiger partial charge in [-0.2, -0.15) is 5.10 Å². The normalized spacial score (nSPS) is 13.9. The fraction of sp³-hybridized carbons (Fsp3) is 0.381. The molecule has 0 saturated carbocycles. The van der Waals surface area contributed by atoms with Crippen LogP contribution in [0.15, 0.2) is 35.0 Å². The lowest BCUT2D eigenvalue weighted by Crippen LogP contribution is -2.39. The standard InChI is InChI=1S/C21H25N5O3/c1-14-20(15(2)29-24-14)17-13-16(23-21(27)18-7-8-22-25(18)3)5-6-19(17)28-12-11-26-9-4-10-26/h5-8,13H,4,9-12H2,1-3H3,(H,23,27). The number of benzene rings is 1. The number of nitrogens with zero attached hydrogens (tertiary/aromatic N) is 4. The number of aromatic nitrogens is 3. The highest BCUT2D eigenvalue weighted by atomic mass is 16.5. The smallest absolute Gasteiger partial charge is 0.273 e. The Hall–Kier alpha value is -3.13. The number of aryl methyl sites for hydroxylation is 3. The van der Waals surface area contributed by atoms with Crippen molar-refractivity contribution in [2.45, 2.75) is 20.3 Å². The second-order valence-corrected chi connectivity index (χ2v) is 7.25. The lowest BCUT2D eigenvalue weighted by molar-refractivity contribution is 0.101. The molecule has 152 valence electrons. The number of anilines is 1. The largest absolute Gasteiger partial charge is 0.492 e. The van der Waals surface area contributed by atoms with Gasteiger partial charge in [0.1, 0.15) is 23.8 Å². The summed E-state index contributed by atoms with van der Waals surface area (Å²) in [6.07, 6.45) is 2.86. The van der Waals surface area contributed by atoms with E-state index in [9.17, 15) is 4.79 Å². The maximum absolute atomic E-state index is 12.6. The molecule has 8 nitrogen and oxygen atoms in total. The summed E-state index contributed by atoms with van der Waals surface area (Å²) in [6.45, 7) is 7.56. The molecule has 1 N–H and O–H groups in total. The molecular formula is C21H25N5O3. The van der Waals surface area contributed by atoms with Crippen LogP contribution >= 0.6 is 0 Å². The van der Waals surface area contributed by atoms with Gasteiger partial charge in [-0.25, -0.2) is 0 Å². The molecule has 3 heterocycles. The molecule has 1 fully saturated rings. The Morgan fingerprint density at radius 1 is 1.28 bits per heavy atom. The van der Waals surface area contributed by atoms with Crippen molar-refractivity contribution in [3.63, 3.8) is 0 Å². The molecule has 4 rings (SSSR count). The minimum absolute atomic E-state index is 0.221. The van der Waals surface area contributed by atoms with E-state index in [2.05, 4.69) is 20.5 Å². The molecule has 0 radical (unpaired) electrons. The second kappa shape index (κ2) is 8.08. The van der Waals surface area contributed by atoms with Gasteiger partial charge in [-0.3, -0.25) is 14.4 Å². The first kappa shape index (κ1) is 19.2.